The maximum Gasteiger partial charge on any atom is 0.407 e. The molecular formula is C11H13ClN2O3. The lowest BCUT2D eigenvalue weighted by molar-refractivity contribution is -0.0213. The predicted molar refractivity (Wildman–Crippen MR) is 62.0 cm³/mol. The van der Waals surface area contributed by atoms with E-state index < -0.39 is 11.7 Å². The number of piperidine rings is 1. The lowest BCUT2D eigenvalue weighted by Gasteiger charge is -2.37. The van der Waals surface area contributed by atoms with Crippen molar-refractivity contribution >= 4 is 17.7 Å². The predicted octanol–water partition coefficient (Wildman–Crippen LogP) is 1.70. The first-order valence-corrected chi connectivity index (χ1v) is 5.71. The molecule has 0 bridgehead atoms. The number of carboxylic acid groups (broad SMARTS) is 1. The van der Waals surface area contributed by atoms with Crippen molar-refractivity contribution in [3.05, 3.63) is 29.0 Å². The Labute approximate surface area is 104 Å². The average Bonchev–Trinajstić information content (AvgIpc) is 2.29. The maximum atomic E-state index is 10.8. The normalized spacial score (nSPS) is 19.1. The Kier molecular flexibility index (Phi) is 3.22. The number of hydrogen-bond donors (Lipinski definition) is 2. The molecule has 1 aromatic rings. The third kappa shape index (κ3) is 2.50. The van der Waals surface area contributed by atoms with E-state index in [-0.39, 0.29) is 0 Å². The summed E-state index contributed by atoms with van der Waals surface area (Å²) in [6, 6.07) is 3.33. The van der Waals surface area contributed by atoms with Crippen LogP contribution < -0.4 is 0 Å². The van der Waals surface area contributed by atoms with Gasteiger partial charge in [0, 0.05) is 19.3 Å². The largest absolute Gasteiger partial charge is 0.465 e. The molecule has 2 rings (SSSR count). The molecular weight excluding hydrogens is 244 g/mol. The maximum absolute atomic E-state index is 10.8. The number of pyridine rings is 1. The Morgan fingerprint density at radius 1 is 1.47 bits per heavy atom. The number of likely N-dealkylation sites (tertiary alicyclic amines) is 1. The number of amides is 1. The highest BCUT2D eigenvalue weighted by molar-refractivity contribution is 6.29. The van der Waals surface area contributed by atoms with E-state index in [1.165, 1.54) is 4.90 Å². The monoisotopic (exact) mass is 256 g/mol. The molecule has 17 heavy (non-hydrogen) atoms. The second-order valence-electron chi connectivity index (χ2n) is 4.17. The first kappa shape index (κ1) is 12.1. The summed E-state index contributed by atoms with van der Waals surface area (Å²) in [5.74, 6) is 0. The Morgan fingerprint density at radius 2 is 2.12 bits per heavy atom. The van der Waals surface area contributed by atoms with Gasteiger partial charge in [-0.15, -0.1) is 0 Å². The van der Waals surface area contributed by atoms with Crippen LogP contribution in [0.5, 0.6) is 0 Å². The molecule has 1 fully saturated rings. The van der Waals surface area contributed by atoms with E-state index in [0.29, 0.717) is 36.6 Å². The minimum Gasteiger partial charge on any atom is -0.465 e. The Balaban J connectivity index is 2.14. The van der Waals surface area contributed by atoms with Gasteiger partial charge in [0.25, 0.3) is 0 Å². The summed E-state index contributed by atoms with van der Waals surface area (Å²) in [6.45, 7) is 0.650. The summed E-state index contributed by atoms with van der Waals surface area (Å²) in [4.78, 5) is 15.9. The van der Waals surface area contributed by atoms with Gasteiger partial charge in [-0.25, -0.2) is 9.78 Å². The van der Waals surface area contributed by atoms with Crippen molar-refractivity contribution in [2.75, 3.05) is 13.1 Å². The summed E-state index contributed by atoms with van der Waals surface area (Å²) in [5, 5.41) is 19.6. The lowest BCUT2D eigenvalue weighted by Crippen LogP contribution is -2.44. The molecule has 1 amide bonds. The molecule has 0 radical (unpaired) electrons. The average molecular weight is 257 g/mol. The van der Waals surface area contributed by atoms with E-state index in [9.17, 15) is 9.90 Å². The van der Waals surface area contributed by atoms with Gasteiger partial charge in [-0.05, 0) is 30.5 Å². The third-order valence-electron chi connectivity index (χ3n) is 3.13. The lowest BCUT2D eigenvalue weighted by atomic mass is 9.85. The van der Waals surface area contributed by atoms with Crippen LogP contribution in [0.1, 0.15) is 18.4 Å². The minimum absolute atomic E-state index is 0.325. The summed E-state index contributed by atoms with van der Waals surface area (Å²) in [5.41, 5.74) is -0.305. The number of aromatic nitrogens is 1. The second-order valence-corrected chi connectivity index (χ2v) is 4.56. The summed E-state index contributed by atoms with van der Waals surface area (Å²) in [7, 11) is 0. The molecule has 0 aliphatic carbocycles. The highest BCUT2D eigenvalue weighted by atomic mass is 35.5. The molecule has 92 valence electrons. The van der Waals surface area contributed by atoms with E-state index in [1.54, 1.807) is 18.3 Å². The highest BCUT2D eigenvalue weighted by Gasteiger charge is 2.35. The van der Waals surface area contributed by atoms with Gasteiger partial charge in [0.15, 0.2) is 0 Å². The third-order valence-corrected chi connectivity index (χ3v) is 3.33. The molecule has 6 heteroatoms. The van der Waals surface area contributed by atoms with Gasteiger partial charge in [-0.1, -0.05) is 11.6 Å². The Morgan fingerprint density at radius 3 is 2.65 bits per heavy atom. The number of nitrogens with zero attached hydrogens (tertiary/aromatic N) is 2. The summed E-state index contributed by atoms with van der Waals surface area (Å²) >= 11 is 5.78. The van der Waals surface area contributed by atoms with Gasteiger partial charge in [0.1, 0.15) is 5.15 Å². The fourth-order valence-corrected chi connectivity index (χ4v) is 2.22. The van der Waals surface area contributed by atoms with Crippen LogP contribution in [-0.2, 0) is 5.60 Å². The van der Waals surface area contributed by atoms with E-state index in [2.05, 4.69) is 4.98 Å². The molecule has 5 nitrogen and oxygen atoms in total. The van der Waals surface area contributed by atoms with Crippen LogP contribution in [0.15, 0.2) is 18.3 Å². The van der Waals surface area contributed by atoms with Crippen LogP contribution in [0, 0.1) is 0 Å². The van der Waals surface area contributed by atoms with Crippen molar-refractivity contribution < 1.29 is 15.0 Å². The van der Waals surface area contributed by atoms with E-state index in [0.717, 1.165) is 0 Å². The van der Waals surface area contributed by atoms with Gasteiger partial charge in [-0.3, -0.25) is 0 Å². The number of carbonyl (C=O) groups is 1. The Hall–Kier alpha value is -1.33. The Bertz CT molecular complexity index is 430. The smallest absolute Gasteiger partial charge is 0.407 e. The van der Waals surface area contributed by atoms with E-state index in [1.807, 2.05) is 0 Å². The van der Waals surface area contributed by atoms with Crippen molar-refractivity contribution in [3.8, 4) is 0 Å². The fourth-order valence-electron chi connectivity index (χ4n) is 2.05. The topological polar surface area (TPSA) is 73.7 Å². The molecule has 2 heterocycles. The van der Waals surface area contributed by atoms with Crippen LogP contribution in [0.25, 0.3) is 0 Å². The zero-order valence-electron chi connectivity index (χ0n) is 9.14. The van der Waals surface area contributed by atoms with Gasteiger partial charge >= 0.3 is 6.09 Å². The van der Waals surface area contributed by atoms with Crippen molar-refractivity contribution in [1.82, 2.24) is 9.88 Å². The van der Waals surface area contributed by atoms with Crippen molar-refractivity contribution in [2.24, 2.45) is 0 Å². The fraction of sp³-hybridized carbons (Fsp3) is 0.455. The van der Waals surface area contributed by atoms with Gasteiger partial charge in [0.05, 0.1) is 5.60 Å². The van der Waals surface area contributed by atoms with Crippen LogP contribution in [0.4, 0.5) is 4.79 Å². The quantitative estimate of drug-likeness (QED) is 0.750. The highest BCUT2D eigenvalue weighted by Crippen LogP contribution is 2.33. The molecule has 1 saturated heterocycles. The number of aliphatic hydroxyl groups is 1. The van der Waals surface area contributed by atoms with Crippen LogP contribution in [-0.4, -0.2) is 39.3 Å². The summed E-state index contributed by atoms with van der Waals surface area (Å²) in [6.07, 6.45) is 1.35. The van der Waals surface area contributed by atoms with Crippen molar-refractivity contribution in [1.29, 1.82) is 0 Å². The first-order valence-electron chi connectivity index (χ1n) is 5.33. The first-order chi connectivity index (χ1) is 8.01. The van der Waals surface area contributed by atoms with Crippen LogP contribution >= 0.6 is 11.6 Å². The molecule has 0 spiro atoms. The molecule has 1 aliphatic heterocycles. The van der Waals surface area contributed by atoms with E-state index in [4.69, 9.17) is 16.7 Å². The standard InChI is InChI=1S/C11H13ClN2O3/c12-9-7-8(1-4-13-9)11(17)2-5-14(6-3-11)10(15)16/h1,4,7,17H,2-3,5-6H2,(H,15,16). The zero-order valence-corrected chi connectivity index (χ0v) is 9.89. The van der Waals surface area contributed by atoms with E-state index >= 15 is 0 Å². The molecule has 0 atom stereocenters. The molecule has 0 unspecified atom stereocenters. The summed E-state index contributed by atoms with van der Waals surface area (Å²) < 4.78 is 0. The molecule has 1 aliphatic rings. The van der Waals surface area contributed by atoms with Crippen molar-refractivity contribution in [3.63, 3.8) is 0 Å². The number of hydrogen-bond acceptors (Lipinski definition) is 3. The van der Waals surface area contributed by atoms with Gasteiger partial charge in [-0.2, -0.15) is 0 Å². The van der Waals surface area contributed by atoms with Crippen molar-refractivity contribution in [2.45, 2.75) is 18.4 Å². The van der Waals surface area contributed by atoms with Gasteiger partial charge in [0.2, 0.25) is 0 Å². The molecule has 2 N–H and O–H groups in total. The number of halogens is 1. The zero-order chi connectivity index (χ0) is 12.5. The molecule has 0 saturated carbocycles. The van der Waals surface area contributed by atoms with Crippen LogP contribution in [0.3, 0.4) is 0 Å². The molecule has 0 aromatic carbocycles. The minimum atomic E-state index is -1.00. The molecule has 1 aromatic heterocycles. The number of rotatable bonds is 1. The SMILES string of the molecule is O=C(O)N1CCC(O)(c2ccnc(Cl)c2)CC1. The second kappa shape index (κ2) is 4.50. The van der Waals surface area contributed by atoms with Gasteiger partial charge < -0.3 is 15.1 Å². The van der Waals surface area contributed by atoms with Crippen LogP contribution in [0.2, 0.25) is 5.15 Å².